The second kappa shape index (κ2) is 8.26. The fraction of sp³-hybridized carbons (Fsp3) is 0.348. The number of hydrogen-bond donors (Lipinski definition) is 1. The van der Waals surface area contributed by atoms with Crippen LogP contribution in [0.1, 0.15) is 38.3 Å². The Morgan fingerprint density at radius 3 is 2.60 bits per heavy atom. The summed E-state index contributed by atoms with van der Waals surface area (Å²) >= 11 is 0. The van der Waals surface area contributed by atoms with Crippen LogP contribution in [-0.2, 0) is 15.8 Å². The highest BCUT2D eigenvalue weighted by atomic mass is 19.4. The van der Waals surface area contributed by atoms with Crippen molar-refractivity contribution in [2.45, 2.75) is 38.9 Å². The molecule has 0 aliphatic carbocycles. The molecule has 182 valence electrons. The Morgan fingerprint density at radius 1 is 1.29 bits per heavy atom. The molecule has 1 aromatic carbocycles. The number of fused-ring (bicyclic) bond motifs is 1. The van der Waals surface area contributed by atoms with E-state index in [4.69, 9.17) is 5.73 Å². The molecule has 0 spiro atoms. The van der Waals surface area contributed by atoms with Crippen LogP contribution >= 0.6 is 0 Å². The number of carbonyl (C=O) groups excluding carboxylic acids is 2. The van der Waals surface area contributed by atoms with Crippen LogP contribution < -0.4 is 10.6 Å². The molecular formula is C23H22F3N7O2. The number of nitrogen functional groups attached to an aromatic ring is 1. The largest absolute Gasteiger partial charge is 0.418 e. The van der Waals surface area contributed by atoms with Crippen LogP contribution in [0.15, 0.2) is 30.6 Å². The van der Waals surface area contributed by atoms with Crippen LogP contribution in [0, 0.1) is 11.3 Å². The van der Waals surface area contributed by atoms with E-state index in [2.05, 4.69) is 10.1 Å². The lowest BCUT2D eigenvalue weighted by Crippen LogP contribution is -2.65. The summed E-state index contributed by atoms with van der Waals surface area (Å²) in [7, 11) is 0. The van der Waals surface area contributed by atoms with E-state index < -0.39 is 17.3 Å². The fourth-order valence-corrected chi connectivity index (χ4v) is 4.53. The van der Waals surface area contributed by atoms with Gasteiger partial charge < -0.3 is 15.5 Å². The van der Waals surface area contributed by atoms with Crippen LogP contribution in [0.2, 0.25) is 0 Å². The molecule has 3 heterocycles. The Kier molecular flexibility index (Phi) is 5.67. The van der Waals surface area contributed by atoms with Crippen LogP contribution in [0.4, 0.5) is 24.7 Å². The van der Waals surface area contributed by atoms with E-state index in [0.717, 1.165) is 16.9 Å². The van der Waals surface area contributed by atoms with Crippen molar-refractivity contribution in [2.24, 2.45) is 0 Å². The third-order valence-corrected chi connectivity index (χ3v) is 6.51. The number of benzene rings is 1. The minimum Gasteiger partial charge on any atom is -0.382 e. The highest BCUT2D eigenvalue weighted by Gasteiger charge is 2.46. The molecule has 2 N–H and O–H groups in total. The summed E-state index contributed by atoms with van der Waals surface area (Å²) in [6, 6.07) is 7.36. The summed E-state index contributed by atoms with van der Waals surface area (Å²) in [5.41, 5.74) is 4.00. The van der Waals surface area contributed by atoms with Crippen molar-refractivity contribution in [2.75, 3.05) is 23.7 Å². The predicted molar refractivity (Wildman–Crippen MR) is 121 cm³/mol. The number of halogens is 3. The zero-order valence-corrected chi connectivity index (χ0v) is 19.2. The Hall–Kier alpha value is -4.14. The van der Waals surface area contributed by atoms with E-state index >= 15 is 0 Å². The molecule has 1 aliphatic rings. The smallest absolute Gasteiger partial charge is 0.382 e. The van der Waals surface area contributed by atoms with Gasteiger partial charge in [-0.15, -0.1) is 0 Å². The number of rotatable bonds is 3. The third kappa shape index (κ3) is 3.73. The summed E-state index contributed by atoms with van der Waals surface area (Å²) in [4.78, 5) is 32.3. The summed E-state index contributed by atoms with van der Waals surface area (Å²) < 4.78 is 42.3. The molecule has 1 saturated heterocycles. The zero-order chi connectivity index (χ0) is 25.7. The standard InChI is InChI=1S/C23H22F3N7O2/c1-4-22(3)21(35)31(7-8-32(22)13(2)34)17-9-14(5-6-15(17)11-27)18-10-16(23(24,25)26)19-20(28)29-12-30-33(18)19/h5-6,9-10,12H,4,7-8H2,1-3H3,(H2,28,29,30)/t22-/m0/s1. The topological polar surface area (TPSA) is 121 Å². The molecule has 1 atom stereocenters. The van der Waals surface area contributed by atoms with Gasteiger partial charge in [-0.3, -0.25) is 9.59 Å². The molecule has 12 heteroatoms. The Labute approximate surface area is 198 Å². The van der Waals surface area contributed by atoms with Gasteiger partial charge in [0.15, 0.2) is 5.82 Å². The number of hydrogen-bond acceptors (Lipinski definition) is 6. The lowest BCUT2D eigenvalue weighted by Gasteiger charge is -2.47. The summed E-state index contributed by atoms with van der Waals surface area (Å²) in [6.07, 6.45) is -3.31. The van der Waals surface area contributed by atoms with Crippen molar-refractivity contribution in [1.29, 1.82) is 5.26 Å². The van der Waals surface area contributed by atoms with Crippen molar-refractivity contribution in [3.8, 4) is 17.3 Å². The number of piperazine rings is 1. The van der Waals surface area contributed by atoms with Crippen LogP contribution in [-0.4, -0.2) is 49.9 Å². The van der Waals surface area contributed by atoms with Crippen LogP contribution in [0.25, 0.3) is 16.8 Å². The van der Waals surface area contributed by atoms with E-state index in [1.165, 1.54) is 34.9 Å². The molecular weight excluding hydrogens is 463 g/mol. The maximum absolute atomic E-state index is 13.7. The zero-order valence-electron chi connectivity index (χ0n) is 19.2. The van der Waals surface area contributed by atoms with Crippen molar-refractivity contribution < 1.29 is 22.8 Å². The van der Waals surface area contributed by atoms with Gasteiger partial charge in [-0.1, -0.05) is 13.0 Å². The predicted octanol–water partition coefficient (Wildman–Crippen LogP) is 3.23. The van der Waals surface area contributed by atoms with Crippen LogP contribution in [0.3, 0.4) is 0 Å². The maximum atomic E-state index is 13.7. The number of nitrogens with two attached hydrogens (primary N) is 1. The van der Waals surface area contributed by atoms with Gasteiger partial charge in [0.05, 0.1) is 22.5 Å². The van der Waals surface area contributed by atoms with E-state index in [1.807, 2.05) is 6.07 Å². The number of carbonyl (C=O) groups is 2. The summed E-state index contributed by atoms with van der Waals surface area (Å²) in [6.45, 7) is 5.21. The van der Waals surface area contributed by atoms with Gasteiger partial charge >= 0.3 is 6.18 Å². The SMILES string of the molecule is CC[C@@]1(C)C(=O)N(c2cc(-c3cc(C(F)(F)F)c4c(N)ncnn34)ccc2C#N)CCN1C(C)=O. The second-order valence-corrected chi connectivity index (χ2v) is 8.45. The minimum atomic E-state index is -4.71. The molecule has 0 unspecified atom stereocenters. The average molecular weight is 485 g/mol. The fourth-order valence-electron chi connectivity index (χ4n) is 4.53. The first-order valence-electron chi connectivity index (χ1n) is 10.8. The van der Waals surface area contributed by atoms with Gasteiger partial charge in [-0.2, -0.15) is 23.5 Å². The average Bonchev–Trinajstić information content (AvgIpc) is 3.22. The van der Waals surface area contributed by atoms with Gasteiger partial charge in [-0.05, 0) is 31.5 Å². The Morgan fingerprint density at radius 2 is 2.00 bits per heavy atom. The molecule has 4 rings (SSSR count). The van der Waals surface area contributed by atoms with Crippen molar-refractivity contribution in [3.05, 3.63) is 41.7 Å². The van der Waals surface area contributed by atoms with Crippen LogP contribution in [0.5, 0.6) is 0 Å². The van der Waals surface area contributed by atoms with Gasteiger partial charge in [0.25, 0.3) is 5.91 Å². The van der Waals surface area contributed by atoms with Crippen molar-refractivity contribution in [3.63, 3.8) is 0 Å². The highest BCUT2D eigenvalue weighted by Crippen LogP contribution is 2.40. The maximum Gasteiger partial charge on any atom is 0.418 e. The number of nitriles is 1. The quantitative estimate of drug-likeness (QED) is 0.608. The normalized spacial score (nSPS) is 18.7. The number of aromatic nitrogens is 3. The van der Waals surface area contributed by atoms with Crippen molar-refractivity contribution in [1.82, 2.24) is 19.5 Å². The number of amides is 2. The summed E-state index contributed by atoms with van der Waals surface area (Å²) in [5.74, 6) is -0.951. The number of anilines is 2. The lowest BCUT2D eigenvalue weighted by molar-refractivity contribution is -0.147. The molecule has 0 radical (unpaired) electrons. The van der Waals surface area contributed by atoms with E-state index in [0.29, 0.717) is 12.0 Å². The van der Waals surface area contributed by atoms with E-state index in [1.54, 1.807) is 13.8 Å². The first-order valence-corrected chi connectivity index (χ1v) is 10.8. The monoisotopic (exact) mass is 485 g/mol. The molecule has 3 aromatic rings. The highest BCUT2D eigenvalue weighted by molar-refractivity contribution is 6.04. The van der Waals surface area contributed by atoms with E-state index in [-0.39, 0.29) is 53.2 Å². The molecule has 2 aromatic heterocycles. The van der Waals surface area contributed by atoms with Gasteiger partial charge in [-0.25, -0.2) is 9.50 Å². The third-order valence-electron chi connectivity index (χ3n) is 6.51. The first kappa shape index (κ1) is 24.0. The van der Waals surface area contributed by atoms with E-state index in [9.17, 15) is 28.0 Å². The number of alkyl halides is 3. The first-order chi connectivity index (χ1) is 16.4. The minimum absolute atomic E-state index is 0.0697. The second-order valence-electron chi connectivity index (χ2n) is 8.45. The Balaban J connectivity index is 1.89. The molecule has 0 saturated carbocycles. The molecule has 0 bridgehead atoms. The molecule has 35 heavy (non-hydrogen) atoms. The van der Waals surface area contributed by atoms with Gasteiger partial charge in [0, 0.05) is 25.6 Å². The van der Waals surface area contributed by atoms with Gasteiger partial charge in [0.2, 0.25) is 5.91 Å². The molecule has 2 amide bonds. The molecule has 9 nitrogen and oxygen atoms in total. The Bertz CT molecular complexity index is 1390. The summed E-state index contributed by atoms with van der Waals surface area (Å²) in [5, 5.41) is 13.7. The van der Waals surface area contributed by atoms with Crippen molar-refractivity contribution >= 4 is 28.8 Å². The molecule has 1 aliphatic heterocycles. The molecule has 1 fully saturated rings. The number of nitrogens with zero attached hydrogens (tertiary/aromatic N) is 6. The van der Waals surface area contributed by atoms with Gasteiger partial charge in [0.1, 0.15) is 23.5 Å². The lowest BCUT2D eigenvalue weighted by atomic mass is 9.90.